The zero-order chi connectivity index (χ0) is 12.1. The van der Waals surface area contributed by atoms with Crippen LogP contribution in [0.25, 0.3) is 5.78 Å². The molecule has 2 aromatic heterocycles. The summed E-state index contributed by atoms with van der Waals surface area (Å²) in [6.07, 6.45) is 0. The van der Waals surface area contributed by atoms with Crippen molar-refractivity contribution < 1.29 is 8.42 Å². The average molecular weight is 261 g/mol. The third-order valence-electron chi connectivity index (χ3n) is 2.09. The molecule has 0 aliphatic rings. The molecule has 0 saturated heterocycles. The molecule has 0 aliphatic carbocycles. The Labute approximate surface area is 97.1 Å². The molecule has 0 saturated carbocycles. The van der Waals surface area contributed by atoms with E-state index >= 15 is 0 Å². The molecule has 0 atom stereocenters. The highest BCUT2D eigenvalue weighted by Gasteiger charge is 2.22. The van der Waals surface area contributed by atoms with Gasteiger partial charge in [-0.25, -0.2) is 18.5 Å². The number of sulfonamides is 1. The Kier molecular flexibility index (Phi) is 2.41. The molecule has 0 spiro atoms. The predicted octanol–water partition coefficient (Wildman–Crippen LogP) is 0.647. The van der Waals surface area contributed by atoms with Gasteiger partial charge in [-0.1, -0.05) is 11.6 Å². The van der Waals surface area contributed by atoms with Crippen LogP contribution in [-0.2, 0) is 10.0 Å². The van der Waals surface area contributed by atoms with Crippen LogP contribution in [0.4, 0.5) is 0 Å². The van der Waals surface area contributed by atoms with E-state index in [1.54, 1.807) is 19.9 Å². The van der Waals surface area contributed by atoms with Crippen molar-refractivity contribution in [1.29, 1.82) is 0 Å². The molecule has 86 valence electrons. The summed E-state index contributed by atoms with van der Waals surface area (Å²) in [5.41, 5.74) is 1.39. The largest absolute Gasteiger partial charge is 0.269 e. The Bertz CT molecular complexity index is 677. The molecular formula is C8H9ClN4O2S. The highest BCUT2D eigenvalue weighted by molar-refractivity contribution is 7.89. The molecule has 0 bridgehead atoms. The molecule has 2 rings (SSSR count). The second kappa shape index (κ2) is 3.41. The van der Waals surface area contributed by atoms with Gasteiger partial charge in [0.05, 0.1) is 0 Å². The van der Waals surface area contributed by atoms with Gasteiger partial charge in [0, 0.05) is 11.4 Å². The van der Waals surface area contributed by atoms with Crippen LogP contribution < -0.4 is 5.14 Å². The number of rotatable bonds is 1. The van der Waals surface area contributed by atoms with Crippen LogP contribution in [0.5, 0.6) is 0 Å². The Morgan fingerprint density at radius 3 is 2.56 bits per heavy atom. The fourth-order valence-electron chi connectivity index (χ4n) is 1.56. The van der Waals surface area contributed by atoms with E-state index < -0.39 is 10.0 Å². The number of primary sulfonamides is 1. The van der Waals surface area contributed by atoms with Crippen molar-refractivity contribution in [3.05, 3.63) is 22.6 Å². The highest BCUT2D eigenvalue weighted by atomic mass is 35.5. The summed E-state index contributed by atoms with van der Waals surface area (Å²) in [5, 5.41) is 4.68. The van der Waals surface area contributed by atoms with E-state index in [0.29, 0.717) is 5.69 Å². The molecular weight excluding hydrogens is 252 g/mol. The lowest BCUT2D eigenvalue weighted by atomic mass is 10.3. The monoisotopic (exact) mass is 260 g/mol. The molecule has 6 nitrogen and oxygen atoms in total. The van der Waals surface area contributed by atoms with Gasteiger partial charge in [-0.3, -0.25) is 4.40 Å². The van der Waals surface area contributed by atoms with Gasteiger partial charge >= 0.3 is 0 Å². The normalized spacial score (nSPS) is 12.2. The molecule has 2 N–H and O–H groups in total. The van der Waals surface area contributed by atoms with E-state index in [1.165, 1.54) is 4.40 Å². The zero-order valence-corrected chi connectivity index (χ0v) is 10.2. The van der Waals surface area contributed by atoms with Crippen molar-refractivity contribution >= 4 is 27.4 Å². The van der Waals surface area contributed by atoms with Gasteiger partial charge in [0.1, 0.15) is 0 Å². The number of aromatic nitrogens is 3. The molecule has 0 fully saturated rings. The minimum atomic E-state index is -3.92. The van der Waals surface area contributed by atoms with Crippen LogP contribution in [0.2, 0.25) is 5.15 Å². The number of nitrogens with zero attached hydrogens (tertiary/aromatic N) is 3. The van der Waals surface area contributed by atoms with E-state index in [1.807, 2.05) is 0 Å². The standard InChI is InChI=1S/C8H9ClN4O2S/c1-4-3-5(2)13-7(16(10,14)15)6(9)12-8(13)11-4/h3H,1-2H3,(H2,10,14,15). The summed E-state index contributed by atoms with van der Waals surface area (Å²) < 4.78 is 24.1. The summed E-state index contributed by atoms with van der Waals surface area (Å²) in [6, 6.07) is 1.72. The van der Waals surface area contributed by atoms with Gasteiger partial charge in [-0.15, -0.1) is 0 Å². The fraction of sp³-hybridized carbons (Fsp3) is 0.250. The predicted molar refractivity (Wildman–Crippen MR) is 58.8 cm³/mol. The van der Waals surface area contributed by atoms with Gasteiger partial charge in [-0.05, 0) is 19.9 Å². The molecule has 2 heterocycles. The van der Waals surface area contributed by atoms with Crippen molar-refractivity contribution in [2.24, 2.45) is 5.14 Å². The topological polar surface area (TPSA) is 90.3 Å². The zero-order valence-electron chi connectivity index (χ0n) is 8.60. The minimum absolute atomic E-state index is 0.163. The van der Waals surface area contributed by atoms with E-state index in [4.69, 9.17) is 16.7 Å². The molecule has 0 amide bonds. The molecule has 0 aliphatic heterocycles. The molecule has 16 heavy (non-hydrogen) atoms. The van der Waals surface area contributed by atoms with Crippen molar-refractivity contribution in [1.82, 2.24) is 14.4 Å². The smallest absolute Gasteiger partial charge is 0.257 e. The maximum Gasteiger partial charge on any atom is 0.257 e. The quantitative estimate of drug-likeness (QED) is 0.815. The van der Waals surface area contributed by atoms with E-state index in [-0.39, 0.29) is 16.0 Å². The minimum Gasteiger partial charge on any atom is -0.269 e. The first-order chi connectivity index (χ1) is 7.30. The van der Waals surface area contributed by atoms with Gasteiger partial charge in [0.15, 0.2) is 10.2 Å². The lowest BCUT2D eigenvalue weighted by Crippen LogP contribution is -2.16. The number of imidazole rings is 1. The third-order valence-corrected chi connectivity index (χ3v) is 3.38. The van der Waals surface area contributed by atoms with Crippen LogP contribution in [0.1, 0.15) is 11.4 Å². The number of nitrogens with two attached hydrogens (primary N) is 1. The highest BCUT2D eigenvalue weighted by Crippen LogP contribution is 2.22. The van der Waals surface area contributed by atoms with Crippen LogP contribution in [-0.4, -0.2) is 22.8 Å². The summed E-state index contributed by atoms with van der Waals surface area (Å²) >= 11 is 5.75. The average Bonchev–Trinajstić information content (AvgIpc) is 2.39. The maximum absolute atomic E-state index is 11.4. The van der Waals surface area contributed by atoms with Crippen LogP contribution in [0.3, 0.4) is 0 Å². The number of halogens is 1. The molecule has 0 unspecified atom stereocenters. The molecule has 8 heteroatoms. The third kappa shape index (κ3) is 1.66. The second-order valence-electron chi connectivity index (χ2n) is 3.43. The van der Waals surface area contributed by atoms with E-state index in [0.717, 1.165) is 5.69 Å². The summed E-state index contributed by atoms with van der Waals surface area (Å²) in [5.74, 6) is 0.228. The molecule has 0 aromatic carbocycles. The SMILES string of the molecule is Cc1cc(C)n2c(S(N)(=O)=O)c(Cl)nc2n1. The lowest BCUT2D eigenvalue weighted by molar-refractivity contribution is 0.592. The lowest BCUT2D eigenvalue weighted by Gasteiger charge is -2.03. The first-order valence-electron chi connectivity index (χ1n) is 4.35. The number of aryl methyl sites for hydroxylation is 2. The second-order valence-corrected chi connectivity index (χ2v) is 5.26. The maximum atomic E-state index is 11.4. The molecule has 2 aromatic rings. The number of fused-ring (bicyclic) bond motifs is 1. The van der Waals surface area contributed by atoms with Gasteiger partial charge in [-0.2, -0.15) is 4.98 Å². The Hall–Kier alpha value is -1.18. The van der Waals surface area contributed by atoms with Crippen molar-refractivity contribution in [3.63, 3.8) is 0 Å². The van der Waals surface area contributed by atoms with E-state index in [2.05, 4.69) is 9.97 Å². The van der Waals surface area contributed by atoms with Crippen molar-refractivity contribution in [2.45, 2.75) is 18.9 Å². The first kappa shape index (κ1) is 11.3. The Morgan fingerprint density at radius 1 is 1.38 bits per heavy atom. The molecule has 0 radical (unpaired) electrons. The summed E-state index contributed by atoms with van der Waals surface area (Å²) in [4.78, 5) is 7.94. The Morgan fingerprint density at radius 2 is 2.00 bits per heavy atom. The van der Waals surface area contributed by atoms with E-state index in [9.17, 15) is 8.42 Å². The van der Waals surface area contributed by atoms with Crippen molar-refractivity contribution in [3.8, 4) is 0 Å². The van der Waals surface area contributed by atoms with Crippen molar-refractivity contribution in [2.75, 3.05) is 0 Å². The fourth-order valence-corrected chi connectivity index (χ4v) is 2.81. The van der Waals surface area contributed by atoms with Gasteiger partial charge in [0.25, 0.3) is 10.0 Å². The summed E-state index contributed by atoms with van der Waals surface area (Å²) in [6.45, 7) is 3.51. The Balaban J connectivity index is 3.01. The van der Waals surface area contributed by atoms with Crippen LogP contribution in [0.15, 0.2) is 11.1 Å². The number of hydrogen-bond donors (Lipinski definition) is 1. The van der Waals surface area contributed by atoms with Gasteiger partial charge in [0.2, 0.25) is 5.78 Å². The van der Waals surface area contributed by atoms with Crippen LogP contribution >= 0.6 is 11.6 Å². The number of hydrogen-bond acceptors (Lipinski definition) is 4. The summed E-state index contributed by atoms with van der Waals surface area (Å²) in [7, 11) is -3.92. The van der Waals surface area contributed by atoms with Gasteiger partial charge < -0.3 is 0 Å². The van der Waals surface area contributed by atoms with Crippen LogP contribution in [0, 0.1) is 13.8 Å². The first-order valence-corrected chi connectivity index (χ1v) is 6.28.